The molecule has 0 amide bonds. The Labute approximate surface area is 168 Å². The molecule has 0 N–H and O–H groups in total. The number of hydrogen-bond acceptors (Lipinski definition) is 6. The van der Waals surface area contributed by atoms with E-state index in [4.69, 9.17) is 9.26 Å². The standard InChI is InChI=1S/C22H24N4O3/c1-14-23-22(24-29-14)25-12-16-11-17(13-25)20(26-19(16)7-4-8-21(26)27)10-15-5-3-6-18(9-15)28-2/h3-9,16-17,20H,10-13H2,1-2H3/t16-,17+,20+/m1/s1. The maximum atomic E-state index is 12.9. The fraction of sp³-hybridized carbons (Fsp3) is 0.409. The Kier molecular flexibility index (Phi) is 4.38. The SMILES string of the molecule is COc1cccc(C[C@H]2[C@H]3C[C@H](CN(c4noc(C)n4)C3)c3cccc(=O)n32)c1. The summed E-state index contributed by atoms with van der Waals surface area (Å²) in [6, 6.07) is 13.8. The highest BCUT2D eigenvalue weighted by molar-refractivity contribution is 5.35. The second-order valence-corrected chi connectivity index (χ2v) is 7.99. The van der Waals surface area contributed by atoms with Crippen molar-refractivity contribution < 1.29 is 9.26 Å². The molecule has 2 aliphatic heterocycles. The van der Waals surface area contributed by atoms with Gasteiger partial charge in [0.2, 0.25) is 5.89 Å². The van der Waals surface area contributed by atoms with E-state index in [1.54, 1.807) is 13.2 Å². The minimum Gasteiger partial charge on any atom is -0.497 e. The van der Waals surface area contributed by atoms with Crippen molar-refractivity contribution in [3.8, 4) is 5.75 Å². The first-order chi connectivity index (χ1) is 14.1. The van der Waals surface area contributed by atoms with E-state index in [0.29, 0.717) is 17.8 Å². The van der Waals surface area contributed by atoms with Crippen LogP contribution in [0, 0.1) is 12.8 Å². The van der Waals surface area contributed by atoms with Gasteiger partial charge in [0.05, 0.1) is 7.11 Å². The van der Waals surface area contributed by atoms with Crippen LogP contribution in [0.3, 0.4) is 0 Å². The van der Waals surface area contributed by atoms with Gasteiger partial charge in [0.15, 0.2) is 0 Å². The van der Waals surface area contributed by atoms with Crippen molar-refractivity contribution in [3.05, 3.63) is 70.0 Å². The number of piperidine rings is 1. The van der Waals surface area contributed by atoms with Crippen molar-refractivity contribution in [2.75, 3.05) is 25.1 Å². The number of methoxy groups -OCH3 is 1. The van der Waals surface area contributed by atoms with Crippen LogP contribution in [0.2, 0.25) is 0 Å². The van der Waals surface area contributed by atoms with Gasteiger partial charge in [0.25, 0.3) is 11.5 Å². The Morgan fingerprint density at radius 2 is 2.07 bits per heavy atom. The first-order valence-corrected chi connectivity index (χ1v) is 10.0. The Hall–Kier alpha value is -3.09. The minimum atomic E-state index is 0.0777. The zero-order chi connectivity index (χ0) is 20.0. The first-order valence-electron chi connectivity index (χ1n) is 10.0. The molecule has 7 heteroatoms. The first kappa shape index (κ1) is 18.0. The van der Waals surface area contributed by atoms with Crippen LogP contribution >= 0.6 is 0 Å². The number of benzene rings is 1. The molecule has 1 saturated heterocycles. The molecule has 3 atom stereocenters. The van der Waals surface area contributed by atoms with Gasteiger partial charge >= 0.3 is 0 Å². The molecular formula is C22H24N4O3. The molecule has 2 aliphatic rings. The highest BCUT2D eigenvalue weighted by Crippen LogP contribution is 2.43. The molecular weight excluding hydrogens is 368 g/mol. The molecule has 3 aromatic rings. The average Bonchev–Trinajstić information content (AvgIpc) is 3.18. The van der Waals surface area contributed by atoms with E-state index in [9.17, 15) is 4.79 Å². The third-order valence-corrected chi connectivity index (χ3v) is 6.18. The number of rotatable bonds is 4. The maximum Gasteiger partial charge on any atom is 0.266 e. The van der Waals surface area contributed by atoms with Crippen molar-refractivity contribution in [1.82, 2.24) is 14.7 Å². The van der Waals surface area contributed by atoms with Gasteiger partial charge in [-0.15, -0.1) is 0 Å². The van der Waals surface area contributed by atoms with Crippen LogP contribution in [0.25, 0.3) is 0 Å². The molecule has 7 nitrogen and oxygen atoms in total. The van der Waals surface area contributed by atoms with E-state index in [-0.39, 0.29) is 17.5 Å². The molecule has 0 radical (unpaired) electrons. The molecule has 0 spiro atoms. The van der Waals surface area contributed by atoms with Crippen molar-refractivity contribution in [2.45, 2.75) is 31.7 Å². The Balaban J connectivity index is 1.54. The van der Waals surface area contributed by atoms with Crippen molar-refractivity contribution in [1.29, 1.82) is 0 Å². The predicted molar refractivity (Wildman–Crippen MR) is 109 cm³/mol. The van der Waals surface area contributed by atoms with E-state index in [0.717, 1.165) is 37.4 Å². The lowest BCUT2D eigenvalue weighted by molar-refractivity contribution is 0.209. The molecule has 1 aromatic carbocycles. The maximum absolute atomic E-state index is 12.9. The van der Waals surface area contributed by atoms with Crippen molar-refractivity contribution >= 4 is 5.95 Å². The Morgan fingerprint density at radius 3 is 2.86 bits per heavy atom. The monoisotopic (exact) mass is 392 g/mol. The largest absolute Gasteiger partial charge is 0.497 e. The Morgan fingerprint density at radius 1 is 1.21 bits per heavy atom. The fourth-order valence-corrected chi connectivity index (χ4v) is 4.93. The zero-order valence-corrected chi connectivity index (χ0v) is 16.6. The summed E-state index contributed by atoms with van der Waals surface area (Å²) < 4.78 is 12.6. The second kappa shape index (κ2) is 7.06. The summed E-state index contributed by atoms with van der Waals surface area (Å²) >= 11 is 0. The molecule has 29 heavy (non-hydrogen) atoms. The molecule has 4 heterocycles. The summed E-state index contributed by atoms with van der Waals surface area (Å²) in [7, 11) is 1.68. The number of ether oxygens (including phenoxy) is 1. The van der Waals surface area contributed by atoms with Gasteiger partial charge in [-0.1, -0.05) is 18.2 Å². The third-order valence-electron chi connectivity index (χ3n) is 6.18. The van der Waals surface area contributed by atoms with E-state index in [1.807, 2.05) is 29.7 Å². The van der Waals surface area contributed by atoms with Gasteiger partial charge in [-0.3, -0.25) is 4.79 Å². The minimum absolute atomic E-state index is 0.0777. The van der Waals surface area contributed by atoms with Gasteiger partial charge in [-0.2, -0.15) is 4.98 Å². The molecule has 2 aromatic heterocycles. The summed E-state index contributed by atoms with van der Waals surface area (Å²) in [5, 5.41) is 4.13. The highest BCUT2D eigenvalue weighted by atomic mass is 16.5. The Bertz CT molecular complexity index is 1090. The zero-order valence-electron chi connectivity index (χ0n) is 16.6. The van der Waals surface area contributed by atoms with Gasteiger partial charge < -0.3 is 18.7 Å². The summed E-state index contributed by atoms with van der Waals surface area (Å²) in [5.41, 5.74) is 2.35. The number of pyridine rings is 1. The highest BCUT2D eigenvalue weighted by Gasteiger charge is 2.41. The van der Waals surface area contributed by atoms with Crippen molar-refractivity contribution in [2.24, 2.45) is 5.92 Å². The van der Waals surface area contributed by atoms with Crippen LogP contribution in [0.5, 0.6) is 5.75 Å². The van der Waals surface area contributed by atoms with E-state index >= 15 is 0 Å². The molecule has 2 bridgehead atoms. The fourth-order valence-electron chi connectivity index (χ4n) is 4.93. The van der Waals surface area contributed by atoms with Gasteiger partial charge in [0.1, 0.15) is 5.75 Å². The lowest BCUT2D eigenvalue weighted by Crippen LogP contribution is -2.50. The lowest BCUT2D eigenvalue weighted by Gasteiger charge is -2.46. The molecule has 0 unspecified atom stereocenters. The van der Waals surface area contributed by atoms with Gasteiger partial charge in [-0.05, 0) is 47.7 Å². The summed E-state index contributed by atoms with van der Waals surface area (Å²) in [6.07, 6.45) is 1.84. The van der Waals surface area contributed by atoms with Crippen LogP contribution in [-0.2, 0) is 6.42 Å². The summed E-state index contributed by atoms with van der Waals surface area (Å²) in [6.45, 7) is 3.41. The lowest BCUT2D eigenvalue weighted by atomic mass is 9.76. The van der Waals surface area contributed by atoms with E-state index in [2.05, 4.69) is 33.2 Å². The predicted octanol–water partition coefficient (Wildman–Crippen LogP) is 2.96. The number of hydrogen-bond donors (Lipinski definition) is 0. The van der Waals surface area contributed by atoms with Crippen LogP contribution in [0.15, 0.2) is 51.8 Å². The molecule has 150 valence electrons. The third kappa shape index (κ3) is 3.20. The van der Waals surface area contributed by atoms with E-state index < -0.39 is 0 Å². The van der Waals surface area contributed by atoms with Gasteiger partial charge in [0, 0.05) is 43.7 Å². The normalized spacial score (nSPS) is 23.0. The average molecular weight is 392 g/mol. The smallest absolute Gasteiger partial charge is 0.266 e. The number of anilines is 1. The number of nitrogens with zero attached hydrogens (tertiary/aromatic N) is 4. The summed E-state index contributed by atoms with van der Waals surface area (Å²) in [5.74, 6) is 2.66. The molecule has 1 fully saturated rings. The van der Waals surface area contributed by atoms with Crippen LogP contribution in [-0.4, -0.2) is 34.9 Å². The molecule has 5 rings (SSSR count). The number of aryl methyl sites for hydroxylation is 1. The van der Waals surface area contributed by atoms with Crippen LogP contribution < -0.4 is 15.2 Å². The summed E-state index contributed by atoms with van der Waals surface area (Å²) in [4.78, 5) is 19.5. The van der Waals surface area contributed by atoms with Crippen molar-refractivity contribution in [3.63, 3.8) is 0 Å². The van der Waals surface area contributed by atoms with Crippen LogP contribution in [0.1, 0.15) is 35.5 Å². The topological polar surface area (TPSA) is 73.4 Å². The second-order valence-electron chi connectivity index (χ2n) is 7.99. The number of fused-ring (bicyclic) bond motifs is 4. The van der Waals surface area contributed by atoms with E-state index in [1.165, 1.54) is 5.56 Å². The molecule has 0 aliphatic carbocycles. The van der Waals surface area contributed by atoms with Crippen LogP contribution in [0.4, 0.5) is 5.95 Å². The molecule has 0 saturated carbocycles. The van der Waals surface area contributed by atoms with Gasteiger partial charge in [-0.25, -0.2) is 0 Å². The quantitative estimate of drug-likeness (QED) is 0.680. The number of aromatic nitrogens is 3.